The van der Waals surface area contributed by atoms with Gasteiger partial charge >= 0.3 is 0 Å². The molecular formula is C10H14BrN3O. The fraction of sp³-hybridized carbons (Fsp3) is 0.400. The number of halogens is 1. The van der Waals surface area contributed by atoms with Crippen molar-refractivity contribution in [1.82, 2.24) is 4.98 Å². The summed E-state index contributed by atoms with van der Waals surface area (Å²) in [7, 11) is 0. The summed E-state index contributed by atoms with van der Waals surface area (Å²) < 4.78 is 0.961. The number of pyridine rings is 1. The van der Waals surface area contributed by atoms with Crippen molar-refractivity contribution < 1.29 is 4.79 Å². The minimum Gasteiger partial charge on any atom is -0.370 e. The molecule has 0 aliphatic rings. The molecular weight excluding hydrogens is 258 g/mol. The molecule has 0 spiro atoms. The highest BCUT2D eigenvalue weighted by Crippen LogP contribution is 2.16. The lowest BCUT2D eigenvalue weighted by atomic mass is 10.2. The number of nitrogens with one attached hydrogen (secondary N) is 1. The topological polar surface area (TPSA) is 68.0 Å². The highest BCUT2D eigenvalue weighted by molar-refractivity contribution is 9.10. The van der Waals surface area contributed by atoms with Gasteiger partial charge in [0.2, 0.25) is 5.91 Å². The lowest BCUT2D eigenvalue weighted by Crippen LogP contribution is -2.13. The van der Waals surface area contributed by atoms with Gasteiger partial charge in [-0.25, -0.2) is 4.98 Å². The standard InChI is InChI=1S/C10H14BrN3O/c1-7-5-8(11)6-14-10(7)13-4-2-3-9(12)15/h5-6H,2-4H2,1H3,(H2,12,15)(H,13,14). The smallest absolute Gasteiger partial charge is 0.217 e. The Bertz CT molecular complexity index is 355. The van der Waals surface area contributed by atoms with E-state index in [0.717, 1.165) is 22.3 Å². The van der Waals surface area contributed by atoms with Crippen LogP contribution < -0.4 is 11.1 Å². The molecule has 0 bridgehead atoms. The quantitative estimate of drug-likeness (QED) is 0.803. The van der Waals surface area contributed by atoms with Gasteiger partial charge in [0.25, 0.3) is 0 Å². The molecule has 0 fully saturated rings. The Morgan fingerprint density at radius 2 is 2.40 bits per heavy atom. The second-order valence-electron chi connectivity index (χ2n) is 3.32. The van der Waals surface area contributed by atoms with Gasteiger partial charge < -0.3 is 11.1 Å². The van der Waals surface area contributed by atoms with Crippen LogP contribution in [0.15, 0.2) is 16.7 Å². The third-order valence-electron chi connectivity index (χ3n) is 1.94. The van der Waals surface area contributed by atoms with Crippen LogP contribution in [0, 0.1) is 6.92 Å². The number of aryl methyl sites for hydroxylation is 1. The number of anilines is 1. The number of hydrogen-bond acceptors (Lipinski definition) is 3. The zero-order valence-electron chi connectivity index (χ0n) is 8.59. The van der Waals surface area contributed by atoms with Crippen LogP contribution in [0.25, 0.3) is 0 Å². The Labute approximate surface area is 97.4 Å². The van der Waals surface area contributed by atoms with Crippen LogP contribution in [0.1, 0.15) is 18.4 Å². The van der Waals surface area contributed by atoms with Gasteiger partial charge in [0.1, 0.15) is 5.82 Å². The Kier molecular flexibility index (Phi) is 4.55. The van der Waals surface area contributed by atoms with Gasteiger partial charge in [-0.2, -0.15) is 0 Å². The first-order chi connectivity index (χ1) is 7.09. The molecule has 0 atom stereocenters. The lowest BCUT2D eigenvalue weighted by Gasteiger charge is -2.07. The number of carbonyl (C=O) groups excluding carboxylic acids is 1. The van der Waals surface area contributed by atoms with E-state index in [1.165, 1.54) is 0 Å². The molecule has 0 aliphatic carbocycles. The van der Waals surface area contributed by atoms with E-state index >= 15 is 0 Å². The second kappa shape index (κ2) is 5.70. The molecule has 4 nitrogen and oxygen atoms in total. The minimum atomic E-state index is -0.266. The van der Waals surface area contributed by atoms with E-state index < -0.39 is 0 Å². The molecule has 0 saturated heterocycles. The number of amides is 1. The van der Waals surface area contributed by atoms with Gasteiger partial charge in [0.15, 0.2) is 0 Å². The first-order valence-electron chi connectivity index (χ1n) is 4.74. The van der Waals surface area contributed by atoms with Gasteiger partial charge in [-0.1, -0.05) is 0 Å². The van der Waals surface area contributed by atoms with Gasteiger partial charge in [-0.15, -0.1) is 0 Å². The largest absolute Gasteiger partial charge is 0.370 e. The summed E-state index contributed by atoms with van der Waals surface area (Å²) in [6.07, 6.45) is 2.87. The van der Waals surface area contributed by atoms with Crippen molar-refractivity contribution in [3.63, 3.8) is 0 Å². The van der Waals surface area contributed by atoms with Crippen molar-refractivity contribution >= 4 is 27.7 Å². The molecule has 1 aromatic heterocycles. The van der Waals surface area contributed by atoms with Crippen molar-refractivity contribution in [1.29, 1.82) is 0 Å². The average molecular weight is 272 g/mol. The summed E-state index contributed by atoms with van der Waals surface area (Å²) in [5, 5.41) is 3.16. The zero-order chi connectivity index (χ0) is 11.3. The van der Waals surface area contributed by atoms with Gasteiger partial charge in [0, 0.05) is 23.6 Å². The SMILES string of the molecule is Cc1cc(Br)cnc1NCCCC(N)=O. The maximum Gasteiger partial charge on any atom is 0.217 e. The second-order valence-corrected chi connectivity index (χ2v) is 4.23. The predicted octanol–water partition coefficient (Wildman–Crippen LogP) is 1.83. The van der Waals surface area contributed by atoms with E-state index in [4.69, 9.17) is 5.73 Å². The van der Waals surface area contributed by atoms with Crippen molar-refractivity contribution in [2.75, 3.05) is 11.9 Å². The summed E-state index contributed by atoms with van der Waals surface area (Å²) in [5.41, 5.74) is 6.11. The van der Waals surface area contributed by atoms with E-state index in [-0.39, 0.29) is 5.91 Å². The number of nitrogens with zero attached hydrogens (tertiary/aromatic N) is 1. The molecule has 15 heavy (non-hydrogen) atoms. The Hall–Kier alpha value is -1.10. The number of nitrogens with two attached hydrogens (primary N) is 1. The molecule has 3 N–H and O–H groups in total. The van der Waals surface area contributed by atoms with Crippen LogP contribution in [0.3, 0.4) is 0 Å². The van der Waals surface area contributed by atoms with Crippen LogP contribution >= 0.6 is 15.9 Å². The lowest BCUT2D eigenvalue weighted by molar-refractivity contribution is -0.118. The van der Waals surface area contributed by atoms with Crippen molar-refractivity contribution in [2.45, 2.75) is 19.8 Å². The fourth-order valence-corrected chi connectivity index (χ4v) is 1.64. The van der Waals surface area contributed by atoms with Crippen LogP contribution in [-0.4, -0.2) is 17.4 Å². The fourth-order valence-electron chi connectivity index (χ4n) is 1.19. The van der Waals surface area contributed by atoms with Crippen LogP contribution in [0.5, 0.6) is 0 Å². The number of primary amides is 1. The van der Waals surface area contributed by atoms with Crippen LogP contribution in [0.4, 0.5) is 5.82 Å². The Morgan fingerprint density at radius 3 is 3.00 bits per heavy atom. The van der Waals surface area contributed by atoms with Crippen LogP contribution in [-0.2, 0) is 4.79 Å². The van der Waals surface area contributed by atoms with Crippen LogP contribution in [0.2, 0.25) is 0 Å². The number of rotatable bonds is 5. The maximum atomic E-state index is 10.5. The molecule has 0 radical (unpaired) electrons. The van der Waals surface area contributed by atoms with Crippen molar-refractivity contribution in [2.24, 2.45) is 5.73 Å². The molecule has 0 saturated carbocycles. The number of carbonyl (C=O) groups is 1. The highest BCUT2D eigenvalue weighted by atomic mass is 79.9. The first-order valence-corrected chi connectivity index (χ1v) is 5.53. The van der Waals surface area contributed by atoms with Gasteiger partial charge in [0.05, 0.1) is 0 Å². The third-order valence-corrected chi connectivity index (χ3v) is 2.37. The number of hydrogen-bond donors (Lipinski definition) is 2. The molecule has 1 aromatic rings. The monoisotopic (exact) mass is 271 g/mol. The van der Waals surface area contributed by atoms with E-state index in [9.17, 15) is 4.79 Å². The molecule has 0 aliphatic heterocycles. The first kappa shape index (κ1) is 12.0. The summed E-state index contributed by atoms with van der Waals surface area (Å²) in [6, 6.07) is 1.99. The summed E-state index contributed by atoms with van der Waals surface area (Å²) in [5.74, 6) is 0.583. The summed E-state index contributed by atoms with van der Waals surface area (Å²) in [6.45, 7) is 2.69. The Balaban J connectivity index is 2.40. The predicted molar refractivity (Wildman–Crippen MR) is 63.6 cm³/mol. The van der Waals surface area contributed by atoms with Crippen molar-refractivity contribution in [3.8, 4) is 0 Å². The molecule has 0 unspecified atom stereocenters. The average Bonchev–Trinajstić information content (AvgIpc) is 2.14. The van der Waals surface area contributed by atoms with E-state index in [1.807, 2.05) is 13.0 Å². The molecule has 5 heteroatoms. The van der Waals surface area contributed by atoms with E-state index in [1.54, 1.807) is 6.20 Å². The molecule has 1 amide bonds. The molecule has 0 aromatic carbocycles. The van der Waals surface area contributed by atoms with E-state index in [2.05, 4.69) is 26.2 Å². The molecule has 1 heterocycles. The third kappa shape index (κ3) is 4.29. The highest BCUT2D eigenvalue weighted by Gasteiger charge is 2.00. The molecule has 82 valence electrons. The van der Waals surface area contributed by atoms with Crippen molar-refractivity contribution in [3.05, 3.63) is 22.3 Å². The normalized spacial score (nSPS) is 10.0. The Morgan fingerprint density at radius 1 is 1.67 bits per heavy atom. The van der Waals surface area contributed by atoms with Gasteiger partial charge in [-0.05, 0) is 40.9 Å². The summed E-state index contributed by atoms with van der Waals surface area (Å²) in [4.78, 5) is 14.7. The number of aromatic nitrogens is 1. The molecule has 1 rings (SSSR count). The summed E-state index contributed by atoms with van der Waals surface area (Å²) >= 11 is 3.35. The zero-order valence-corrected chi connectivity index (χ0v) is 10.2. The maximum absolute atomic E-state index is 10.5. The van der Waals surface area contributed by atoms with E-state index in [0.29, 0.717) is 13.0 Å². The van der Waals surface area contributed by atoms with Gasteiger partial charge in [-0.3, -0.25) is 4.79 Å². The minimum absolute atomic E-state index is 0.266.